The summed E-state index contributed by atoms with van der Waals surface area (Å²) in [6.45, 7) is 9.02. The van der Waals surface area contributed by atoms with Crippen LogP contribution in [0.5, 0.6) is 0 Å². The molecule has 0 aliphatic heterocycles. The van der Waals surface area contributed by atoms with Crippen molar-refractivity contribution >= 4 is 17.5 Å². The third kappa shape index (κ3) is 9.52. The van der Waals surface area contributed by atoms with E-state index in [1.807, 2.05) is 13.8 Å². The molecule has 0 spiro atoms. The standard InChI is InChI=1S/C19H34O4/c1-15(20)18(2,3)13-9-6-7-11-16(21)12-8-10-14-19(4,5)17(22)23/h6-14H2,1-5H3,(H,22,23). The van der Waals surface area contributed by atoms with Gasteiger partial charge in [0.05, 0.1) is 5.41 Å². The lowest BCUT2D eigenvalue weighted by atomic mass is 9.83. The number of ketones is 2. The number of Topliss-reactive ketones (excluding diaryl/α,β-unsaturated/α-hetero) is 2. The van der Waals surface area contributed by atoms with Crippen molar-refractivity contribution in [1.82, 2.24) is 0 Å². The van der Waals surface area contributed by atoms with Crippen LogP contribution in [0, 0.1) is 10.8 Å². The second-order valence-corrected chi connectivity index (χ2v) is 7.94. The molecule has 23 heavy (non-hydrogen) atoms. The number of unbranched alkanes of at least 4 members (excludes halogenated alkanes) is 3. The first-order valence-electron chi connectivity index (χ1n) is 8.75. The summed E-state index contributed by atoms with van der Waals surface area (Å²) >= 11 is 0. The van der Waals surface area contributed by atoms with Gasteiger partial charge in [-0.1, -0.05) is 33.1 Å². The number of carbonyl (C=O) groups is 3. The Hall–Kier alpha value is -1.19. The van der Waals surface area contributed by atoms with Gasteiger partial charge < -0.3 is 5.11 Å². The van der Waals surface area contributed by atoms with Gasteiger partial charge in [-0.3, -0.25) is 14.4 Å². The first-order chi connectivity index (χ1) is 10.5. The van der Waals surface area contributed by atoms with Crippen molar-refractivity contribution in [2.45, 2.75) is 92.4 Å². The average Bonchev–Trinajstić information content (AvgIpc) is 2.42. The van der Waals surface area contributed by atoms with Crippen LogP contribution in [0.15, 0.2) is 0 Å². The van der Waals surface area contributed by atoms with Gasteiger partial charge in [0, 0.05) is 18.3 Å². The molecule has 4 nitrogen and oxygen atoms in total. The third-order valence-electron chi connectivity index (χ3n) is 4.80. The summed E-state index contributed by atoms with van der Waals surface area (Å²) in [5, 5.41) is 9.02. The maximum absolute atomic E-state index is 11.8. The Labute approximate surface area is 141 Å². The lowest BCUT2D eigenvalue weighted by Crippen LogP contribution is -2.23. The maximum Gasteiger partial charge on any atom is 0.309 e. The summed E-state index contributed by atoms with van der Waals surface area (Å²) in [5.74, 6) is -0.292. The topological polar surface area (TPSA) is 71.4 Å². The zero-order valence-electron chi connectivity index (χ0n) is 15.5. The fraction of sp³-hybridized carbons (Fsp3) is 0.842. The Bertz CT molecular complexity index is 408. The fourth-order valence-electron chi connectivity index (χ4n) is 2.36. The van der Waals surface area contributed by atoms with Crippen molar-refractivity contribution in [3.05, 3.63) is 0 Å². The van der Waals surface area contributed by atoms with E-state index >= 15 is 0 Å². The molecule has 0 aromatic rings. The Morgan fingerprint density at radius 1 is 0.739 bits per heavy atom. The van der Waals surface area contributed by atoms with Gasteiger partial charge in [-0.25, -0.2) is 0 Å². The van der Waals surface area contributed by atoms with Gasteiger partial charge >= 0.3 is 5.97 Å². The predicted octanol–water partition coefficient (Wildman–Crippen LogP) is 4.79. The summed E-state index contributed by atoms with van der Waals surface area (Å²) < 4.78 is 0. The smallest absolute Gasteiger partial charge is 0.309 e. The van der Waals surface area contributed by atoms with Gasteiger partial charge in [0.25, 0.3) is 0 Å². The number of carbonyl (C=O) groups excluding carboxylic acids is 2. The van der Waals surface area contributed by atoms with Crippen LogP contribution < -0.4 is 0 Å². The predicted molar refractivity (Wildman–Crippen MR) is 92.4 cm³/mol. The molecule has 4 heteroatoms. The molecule has 0 aliphatic carbocycles. The number of carboxylic acid groups (broad SMARTS) is 1. The molecule has 0 fully saturated rings. The van der Waals surface area contributed by atoms with Crippen LogP contribution in [0.3, 0.4) is 0 Å². The highest BCUT2D eigenvalue weighted by Crippen LogP contribution is 2.25. The number of hydrogen-bond donors (Lipinski definition) is 1. The van der Waals surface area contributed by atoms with Gasteiger partial charge in [-0.2, -0.15) is 0 Å². The van der Waals surface area contributed by atoms with Crippen molar-refractivity contribution in [3.8, 4) is 0 Å². The molecule has 1 N–H and O–H groups in total. The molecule has 0 aromatic carbocycles. The molecule has 0 aliphatic rings. The molecule has 0 saturated heterocycles. The van der Waals surface area contributed by atoms with Crippen LogP contribution in [0.1, 0.15) is 92.4 Å². The summed E-state index contributed by atoms with van der Waals surface area (Å²) in [7, 11) is 0. The zero-order valence-corrected chi connectivity index (χ0v) is 15.5. The van der Waals surface area contributed by atoms with E-state index in [-0.39, 0.29) is 17.0 Å². The Morgan fingerprint density at radius 3 is 1.65 bits per heavy atom. The number of aliphatic carboxylic acids is 1. The Balaban J connectivity index is 3.70. The molecule has 0 heterocycles. The first-order valence-corrected chi connectivity index (χ1v) is 8.75. The van der Waals surface area contributed by atoms with Gasteiger partial charge in [0.2, 0.25) is 0 Å². The van der Waals surface area contributed by atoms with Gasteiger partial charge in [-0.05, 0) is 46.5 Å². The minimum Gasteiger partial charge on any atom is -0.481 e. The van der Waals surface area contributed by atoms with E-state index in [4.69, 9.17) is 5.11 Å². The highest BCUT2D eigenvalue weighted by molar-refractivity contribution is 5.81. The molecule has 0 saturated carbocycles. The minimum atomic E-state index is -0.780. The van der Waals surface area contributed by atoms with E-state index in [0.717, 1.165) is 38.5 Å². The van der Waals surface area contributed by atoms with Gasteiger partial charge in [0.15, 0.2) is 0 Å². The van der Waals surface area contributed by atoms with E-state index in [1.165, 1.54) is 0 Å². The van der Waals surface area contributed by atoms with E-state index < -0.39 is 11.4 Å². The van der Waals surface area contributed by atoms with Gasteiger partial charge in [-0.15, -0.1) is 0 Å². The van der Waals surface area contributed by atoms with Crippen molar-refractivity contribution in [2.24, 2.45) is 10.8 Å². The highest BCUT2D eigenvalue weighted by Gasteiger charge is 2.26. The molecular formula is C19H34O4. The quantitative estimate of drug-likeness (QED) is 0.494. The average molecular weight is 326 g/mol. The van der Waals surface area contributed by atoms with E-state index in [1.54, 1.807) is 20.8 Å². The molecule has 0 bridgehead atoms. The minimum absolute atomic E-state index is 0.220. The zero-order chi connectivity index (χ0) is 18.1. The van der Waals surface area contributed by atoms with Crippen molar-refractivity contribution in [3.63, 3.8) is 0 Å². The largest absolute Gasteiger partial charge is 0.481 e. The first kappa shape index (κ1) is 21.8. The van der Waals surface area contributed by atoms with Crippen LogP contribution in [0.4, 0.5) is 0 Å². The summed E-state index contributed by atoms with van der Waals surface area (Å²) in [6, 6.07) is 0. The molecule has 0 rings (SSSR count). The normalized spacial score (nSPS) is 12.2. The second-order valence-electron chi connectivity index (χ2n) is 7.94. The lowest BCUT2D eigenvalue weighted by molar-refractivity contribution is -0.147. The molecule has 0 radical (unpaired) electrons. The Morgan fingerprint density at radius 2 is 1.17 bits per heavy atom. The van der Waals surface area contributed by atoms with Crippen LogP contribution in [0.25, 0.3) is 0 Å². The van der Waals surface area contributed by atoms with E-state index in [0.29, 0.717) is 19.3 Å². The van der Waals surface area contributed by atoms with Crippen LogP contribution in [0.2, 0.25) is 0 Å². The van der Waals surface area contributed by atoms with Gasteiger partial charge in [0.1, 0.15) is 11.6 Å². The number of rotatable bonds is 13. The third-order valence-corrected chi connectivity index (χ3v) is 4.80. The monoisotopic (exact) mass is 326 g/mol. The molecule has 0 atom stereocenters. The van der Waals surface area contributed by atoms with Crippen molar-refractivity contribution < 1.29 is 19.5 Å². The molecule has 0 unspecified atom stereocenters. The maximum atomic E-state index is 11.8. The van der Waals surface area contributed by atoms with Crippen LogP contribution >= 0.6 is 0 Å². The fourth-order valence-corrected chi connectivity index (χ4v) is 2.36. The van der Waals surface area contributed by atoms with E-state index in [9.17, 15) is 14.4 Å². The van der Waals surface area contributed by atoms with Crippen LogP contribution in [-0.2, 0) is 14.4 Å². The number of hydrogen-bond acceptors (Lipinski definition) is 3. The molecule has 0 amide bonds. The molecular weight excluding hydrogens is 292 g/mol. The molecule has 134 valence electrons. The Kier molecular flexibility index (Phi) is 9.33. The van der Waals surface area contributed by atoms with Crippen LogP contribution in [-0.4, -0.2) is 22.6 Å². The van der Waals surface area contributed by atoms with Crippen molar-refractivity contribution in [1.29, 1.82) is 0 Å². The highest BCUT2D eigenvalue weighted by atomic mass is 16.4. The summed E-state index contributed by atoms with van der Waals surface area (Å²) in [5.41, 5.74) is -0.951. The SMILES string of the molecule is CC(=O)C(C)(C)CCCCCC(=O)CCCCC(C)(C)C(=O)O. The molecule has 0 aromatic heterocycles. The lowest BCUT2D eigenvalue weighted by Gasteiger charge is -2.20. The summed E-state index contributed by atoms with van der Waals surface area (Å²) in [6.07, 6.45) is 7.02. The van der Waals surface area contributed by atoms with E-state index in [2.05, 4.69) is 0 Å². The second kappa shape index (κ2) is 9.84. The van der Waals surface area contributed by atoms with Crippen molar-refractivity contribution in [2.75, 3.05) is 0 Å². The number of carboxylic acids is 1. The summed E-state index contributed by atoms with van der Waals surface area (Å²) in [4.78, 5) is 34.2.